The molecular weight excluding hydrogens is 214 g/mol. The molecule has 3 unspecified atom stereocenters. The predicted octanol–water partition coefficient (Wildman–Crippen LogP) is 0.298. The fraction of sp³-hybridized carbons (Fsp3) is 0.923. The third-order valence-corrected chi connectivity index (χ3v) is 4.11. The maximum absolute atomic E-state index is 11.8. The summed E-state index contributed by atoms with van der Waals surface area (Å²) in [6, 6.07) is 0.541. The van der Waals surface area contributed by atoms with Gasteiger partial charge in [0.05, 0.1) is 6.54 Å². The van der Waals surface area contributed by atoms with Crippen LogP contribution in [0.5, 0.6) is 0 Å². The van der Waals surface area contributed by atoms with E-state index in [1.165, 1.54) is 0 Å². The maximum Gasteiger partial charge on any atom is 0.234 e. The number of hydrogen-bond acceptors (Lipinski definition) is 3. The van der Waals surface area contributed by atoms with Gasteiger partial charge in [-0.15, -0.1) is 0 Å². The summed E-state index contributed by atoms with van der Waals surface area (Å²) in [6.45, 7) is 11.2. The van der Waals surface area contributed by atoms with E-state index in [9.17, 15) is 4.79 Å². The summed E-state index contributed by atoms with van der Waals surface area (Å²) < 4.78 is 0. The second kappa shape index (κ2) is 5.36. The fourth-order valence-electron chi connectivity index (χ4n) is 3.02. The largest absolute Gasteiger partial charge is 0.355 e. The molecule has 3 atom stereocenters. The van der Waals surface area contributed by atoms with Gasteiger partial charge in [-0.05, 0) is 37.8 Å². The van der Waals surface area contributed by atoms with Gasteiger partial charge in [0, 0.05) is 19.1 Å². The summed E-state index contributed by atoms with van der Waals surface area (Å²) in [7, 11) is 0. The number of rotatable bonds is 4. The van der Waals surface area contributed by atoms with E-state index in [2.05, 4.69) is 36.3 Å². The molecule has 2 rings (SSSR count). The predicted molar refractivity (Wildman–Crippen MR) is 68.7 cm³/mol. The number of nitrogens with one attached hydrogen (secondary N) is 2. The number of likely N-dealkylation sites (tertiary alicyclic amines) is 1. The number of amides is 1. The number of hydrogen-bond donors (Lipinski definition) is 2. The quantitative estimate of drug-likeness (QED) is 0.741. The Morgan fingerprint density at radius 3 is 2.88 bits per heavy atom. The molecule has 4 heteroatoms. The molecule has 0 bridgehead atoms. The Hall–Kier alpha value is -0.610. The average Bonchev–Trinajstić information content (AvgIpc) is 2.81. The zero-order valence-corrected chi connectivity index (χ0v) is 11.2. The molecule has 98 valence electrons. The molecule has 2 fully saturated rings. The molecule has 0 saturated carbocycles. The van der Waals surface area contributed by atoms with Gasteiger partial charge in [-0.1, -0.05) is 13.8 Å². The minimum atomic E-state index is 0.179. The van der Waals surface area contributed by atoms with E-state index >= 15 is 0 Å². The first-order valence-corrected chi connectivity index (χ1v) is 6.79. The molecule has 17 heavy (non-hydrogen) atoms. The topological polar surface area (TPSA) is 44.4 Å². The van der Waals surface area contributed by atoms with Crippen molar-refractivity contribution in [3.8, 4) is 0 Å². The van der Waals surface area contributed by atoms with Crippen LogP contribution >= 0.6 is 0 Å². The van der Waals surface area contributed by atoms with Gasteiger partial charge in [0.15, 0.2) is 0 Å². The van der Waals surface area contributed by atoms with Crippen LogP contribution < -0.4 is 10.6 Å². The second-order valence-corrected chi connectivity index (χ2v) is 5.95. The summed E-state index contributed by atoms with van der Waals surface area (Å²) in [4.78, 5) is 14.1. The van der Waals surface area contributed by atoms with Crippen LogP contribution in [0.15, 0.2) is 0 Å². The standard InChI is InChI=1S/C13H25N3O/c1-9(2)4-15-13(17)8-16-7-11-5-14-6-12(11)10(16)3/h9-12,14H,4-8H2,1-3H3,(H,15,17). The lowest BCUT2D eigenvalue weighted by Gasteiger charge is -2.23. The molecule has 1 amide bonds. The van der Waals surface area contributed by atoms with Crippen LogP contribution in [0, 0.1) is 17.8 Å². The Kier molecular flexibility index (Phi) is 4.05. The highest BCUT2D eigenvalue weighted by Gasteiger charge is 2.41. The monoisotopic (exact) mass is 239 g/mol. The molecule has 2 aliphatic heterocycles. The molecular formula is C13H25N3O. The summed E-state index contributed by atoms with van der Waals surface area (Å²) in [6.07, 6.45) is 0. The molecule has 0 aromatic rings. The molecule has 0 radical (unpaired) electrons. The van der Waals surface area contributed by atoms with Gasteiger partial charge in [0.1, 0.15) is 0 Å². The highest BCUT2D eigenvalue weighted by Crippen LogP contribution is 2.31. The van der Waals surface area contributed by atoms with Gasteiger partial charge in [0.2, 0.25) is 5.91 Å². The van der Waals surface area contributed by atoms with Crippen LogP contribution in [0.4, 0.5) is 0 Å². The Morgan fingerprint density at radius 1 is 1.47 bits per heavy atom. The third kappa shape index (κ3) is 2.99. The van der Waals surface area contributed by atoms with Crippen molar-refractivity contribution in [1.82, 2.24) is 15.5 Å². The van der Waals surface area contributed by atoms with Gasteiger partial charge < -0.3 is 10.6 Å². The lowest BCUT2D eigenvalue weighted by atomic mass is 9.95. The van der Waals surface area contributed by atoms with Crippen LogP contribution in [-0.2, 0) is 4.79 Å². The minimum Gasteiger partial charge on any atom is -0.355 e. The first-order valence-electron chi connectivity index (χ1n) is 6.79. The van der Waals surface area contributed by atoms with Gasteiger partial charge in [-0.2, -0.15) is 0 Å². The normalized spacial score (nSPS) is 33.1. The van der Waals surface area contributed by atoms with E-state index in [1.807, 2.05) is 0 Å². The van der Waals surface area contributed by atoms with Crippen molar-refractivity contribution in [3.05, 3.63) is 0 Å². The molecule has 0 aromatic heterocycles. The van der Waals surface area contributed by atoms with Crippen molar-refractivity contribution in [2.75, 3.05) is 32.7 Å². The molecule has 2 aliphatic rings. The van der Waals surface area contributed by atoms with Crippen LogP contribution in [-0.4, -0.2) is 49.6 Å². The zero-order chi connectivity index (χ0) is 12.4. The lowest BCUT2D eigenvalue weighted by molar-refractivity contribution is -0.122. The number of fused-ring (bicyclic) bond motifs is 1. The Morgan fingerprint density at radius 2 is 2.24 bits per heavy atom. The van der Waals surface area contributed by atoms with Crippen LogP contribution in [0.25, 0.3) is 0 Å². The van der Waals surface area contributed by atoms with E-state index in [1.54, 1.807) is 0 Å². The van der Waals surface area contributed by atoms with Crippen LogP contribution in [0.1, 0.15) is 20.8 Å². The minimum absolute atomic E-state index is 0.179. The molecule has 2 N–H and O–H groups in total. The highest BCUT2D eigenvalue weighted by atomic mass is 16.2. The van der Waals surface area contributed by atoms with Crippen molar-refractivity contribution < 1.29 is 4.79 Å². The van der Waals surface area contributed by atoms with Crippen molar-refractivity contribution in [1.29, 1.82) is 0 Å². The van der Waals surface area contributed by atoms with E-state index in [0.29, 0.717) is 18.5 Å². The van der Waals surface area contributed by atoms with Crippen LogP contribution in [0.2, 0.25) is 0 Å². The van der Waals surface area contributed by atoms with Crippen LogP contribution in [0.3, 0.4) is 0 Å². The number of nitrogens with zero attached hydrogens (tertiary/aromatic N) is 1. The highest BCUT2D eigenvalue weighted by molar-refractivity contribution is 5.78. The first-order chi connectivity index (χ1) is 8.08. The fourth-order valence-corrected chi connectivity index (χ4v) is 3.02. The van der Waals surface area contributed by atoms with Gasteiger partial charge >= 0.3 is 0 Å². The average molecular weight is 239 g/mol. The summed E-state index contributed by atoms with van der Waals surface area (Å²) in [5.74, 6) is 2.20. The molecule has 0 spiro atoms. The van der Waals surface area contributed by atoms with Crippen molar-refractivity contribution >= 4 is 5.91 Å². The van der Waals surface area contributed by atoms with E-state index in [0.717, 1.165) is 38.0 Å². The summed E-state index contributed by atoms with van der Waals surface area (Å²) in [5.41, 5.74) is 0. The Balaban J connectivity index is 1.78. The Bertz CT molecular complexity index is 280. The molecule has 0 aromatic carbocycles. The molecule has 2 saturated heterocycles. The first kappa shape index (κ1) is 12.8. The molecule has 0 aliphatic carbocycles. The van der Waals surface area contributed by atoms with Crippen molar-refractivity contribution in [2.24, 2.45) is 17.8 Å². The molecule has 2 heterocycles. The second-order valence-electron chi connectivity index (χ2n) is 5.95. The lowest BCUT2D eigenvalue weighted by Crippen LogP contribution is -2.42. The molecule has 4 nitrogen and oxygen atoms in total. The third-order valence-electron chi connectivity index (χ3n) is 4.11. The zero-order valence-electron chi connectivity index (χ0n) is 11.2. The maximum atomic E-state index is 11.8. The Labute approximate surface area is 104 Å². The summed E-state index contributed by atoms with van der Waals surface area (Å²) in [5, 5.41) is 6.44. The van der Waals surface area contributed by atoms with Crippen molar-refractivity contribution in [3.63, 3.8) is 0 Å². The van der Waals surface area contributed by atoms with Gasteiger partial charge in [-0.25, -0.2) is 0 Å². The van der Waals surface area contributed by atoms with E-state index < -0.39 is 0 Å². The van der Waals surface area contributed by atoms with E-state index in [4.69, 9.17) is 0 Å². The van der Waals surface area contributed by atoms with Gasteiger partial charge in [-0.3, -0.25) is 9.69 Å². The number of carbonyl (C=O) groups is 1. The smallest absolute Gasteiger partial charge is 0.234 e. The number of carbonyl (C=O) groups excluding carboxylic acids is 1. The SMILES string of the molecule is CC(C)CNC(=O)CN1CC2CNCC2C1C. The van der Waals surface area contributed by atoms with Gasteiger partial charge in [0.25, 0.3) is 0 Å². The summed E-state index contributed by atoms with van der Waals surface area (Å²) >= 11 is 0. The van der Waals surface area contributed by atoms with Crippen molar-refractivity contribution in [2.45, 2.75) is 26.8 Å². The van der Waals surface area contributed by atoms with E-state index in [-0.39, 0.29) is 5.91 Å².